The maximum Gasteiger partial charge on any atom is 0.290 e. The number of fused-ring (bicyclic) bond motifs is 1. The van der Waals surface area contributed by atoms with E-state index in [1.165, 1.54) is 23.9 Å². The van der Waals surface area contributed by atoms with Crippen LogP contribution in [-0.4, -0.2) is 34.0 Å². The highest BCUT2D eigenvalue weighted by Gasteiger charge is 2.51. The number of aromatic nitrogens is 2. The quantitative estimate of drug-likeness (QED) is 0.563. The molecule has 1 aromatic heterocycles. The van der Waals surface area contributed by atoms with Crippen molar-refractivity contribution in [3.63, 3.8) is 0 Å². The van der Waals surface area contributed by atoms with Crippen LogP contribution in [0.25, 0.3) is 10.8 Å². The molecular weight excluding hydrogens is 434 g/mol. The minimum Gasteiger partial charge on any atom is -0.347 e. The second-order valence-corrected chi connectivity index (χ2v) is 10.4. The van der Waals surface area contributed by atoms with Gasteiger partial charge in [-0.15, -0.1) is 0 Å². The molecule has 4 aliphatic carbocycles. The van der Waals surface area contributed by atoms with E-state index in [-0.39, 0.29) is 29.1 Å². The molecule has 2 aromatic rings. The van der Waals surface area contributed by atoms with Gasteiger partial charge in [-0.25, -0.2) is 4.68 Å². The van der Waals surface area contributed by atoms with Crippen LogP contribution >= 0.6 is 0 Å². The molecule has 4 bridgehead atoms. The van der Waals surface area contributed by atoms with Gasteiger partial charge in [0.15, 0.2) is 5.69 Å². The average molecular weight is 466 g/mol. The van der Waals surface area contributed by atoms with Gasteiger partial charge in [-0.05, 0) is 74.7 Å². The van der Waals surface area contributed by atoms with Gasteiger partial charge >= 0.3 is 0 Å². The molecule has 4 aliphatic rings. The van der Waals surface area contributed by atoms with Crippen LogP contribution in [0.5, 0.6) is 0 Å². The number of nitrogens with zero attached hydrogens (tertiary/aromatic N) is 2. The molecule has 1 heterocycles. The molecular formula is C25H31N5O4. The Balaban J connectivity index is 1.15. The van der Waals surface area contributed by atoms with E-state index in [1.54, 1.807) is 31.2 Å². The number of rotatable bonds is 6. The minimum absolute atomic E-state index is 0.0446. The van der Waals surface area contributed by atoms with E-state index in [2.05, 4.69) is 21.3 Å². The number of carbonyl (C=O) groups excluding carboxylic acids is 3. The molecule has 9 heteroatoms. The summed E-state index contributed by atoms with van der Waals surface area (Å²) in [6.07, 6.45) is 7.85. The average Bonchev–Trinajstić information content (AvgIpc) is 2.80. The molecule has 3 amide bonds. The number of hydrogen-bond acceptors (Lipinski definition) is 5. The molecule has 4 saturated carbocycles. The zero-order chi connectivity index (χ0) is 23.9. The van der Waals surface area contributed by atoms with Gasteiger partial charge in [-0.1, -0.05) is 18.2 Å². The Morgan fingerprint density at radius 2 is 1.59 bits per heavy atom. The molecule has 0 spiro atoms. The first-order valence-corrected chi connectivity index (χ1v) is 12.2. The summed E-state index contributed by atoms with van der Waals surface area (Å²) in [5, 5.41) is 7.65. The Morgan fingerprint density at radius 1 is 0.971 bits per heavy atom. The maximum atomic E-state index is 12.7. The lowest BCUT2D eigenvalue weighted by molar-refractivity contribution is -0.132. The molecule has 0 unspecified atom stereocenters. The fourth-order valence-electron chi connectivity index (χ4n) is 6.94. The zero-order valence-electron chi connectivity index (χ0n) is 19.4. The van der Waals surface area contributed by atoms with Gasteiger partial charge in [0.25, 0.3) is 17.4 Å². The highest BCUT2D eigenvalue weighted by molar-refractivity contribution is 6.05. The van der Waals surface area contributed by atoms with Crippen LogP contribution in [0.3, 0.4) is 0 Å². The van der Waals surface area contributed by atoms with E-state index >= 15 is 0 Å². The molecule has 0 saturated heterocycles. The Hall–Kier alpha value is -3.23. The van der Waals surface area contributed by atoms with Crippen molar-refractivity contribution < 1.29 is 14.4 Å². The van der Waals surface area contributed by atoms with Gasteiger partial charge in [-0.3, -0.25) is 30.0 Å². The minimum atomic E-state index is -0.633. The van der Waals surface area contributed by atoms with Crippen molar-refractivity contribution in [3.05, 3.63) is 40.3 Å². The lowest BCUT2D eigenvalue weighted by Crippen LogP contribution is -2.49. The Kier molecular flexibility index (Phi) is 5.87. The predicted molar refractivity (Wildman–Crippen MR) is 126 cm³/mol. The van der Waals surface area contributed by atoms with Crippen LogP contribution in [-0.2, 0) is 16.1 Å². The molecule has 9 nitrogen and oxygen atoms in total. The van der Waals surface area contributed by atoms with Crippen LogP contribution in [0.2, 0.25) is 0 Å². The van der Waals surface area contributed by atoms with Crippen LogP contribution in [0.4, 0.5) is 0 Å². The monoisotopic (exact) mass is 465 g/mol. The van der Waals surface area contributed by atoms with E-state index in [0.29, 0.717) is 23.7 Å². The number of hydrazine groups is 1. The maximum absolute atomic E-state index is 12.7. The molecule has 0 atom stereocenters. The van der Waals surface area contributed by atoms with Crippen LogP contribution < -0.4 is 21.7 Å². The van der Waals surface area contributed by atoms with Crippen molar-refractivity contribution in [2.24, 2.45) is 23.2 Å². The summed E-state index contributed by atoms with van der Waals surface area (Å²) in [7, 11) is 0. The van der Waals surface area contributed by atoms with Crippen molar-refractivity contribution in [2.45, 2.75) is 58.4 Å². The first kappa shape index (κ1) is 22.6. The topological polar surface area (TPSA) is 122 Å². The third-order valence-corrected chi connectivity index (χ3v) is 7.84. The second-order valence-electron chi connectivity index (χ2n) is 10.4. The molecule has 0 aliphatic heterocycles. The zero-order valence-corrected chi connectivity index (χ0v) is 19.4. The van der Waals surface area contributed by atoms with Crippen molar-refractivity contribution in [1.29, 1.82) is 0 Å². The number of hydrogen-bond donors (Lipinski definition) is 3. The summed E-state index contributed by atoms with van der Waals surface area (Å²) in [6.45, 7) is 1.86. The van der Waals surface area contributed by atoms with E-state index in [0.717, 1.165) is 37.0 Å². The van der Waals surface area contributed by atoms with Crippen LogP contribution in [0, 0.1) is 23.2 Å². The van der Waals surface area contributed by atoms with Crippen molar-refractivity contribution in [3.8, 4) is 0 Å². The fourth-order valence-corrected chi connectivity index (χ4v) is 6.94. The highest BCUT2D eigenvalue weighted by Crippen LogP contribution is 2.61. The van der Waals surface area contributed by atoms with Gasteiger partial charge in [0.1, 0.15) is 0 Å². The molecule has 4 fully saturated rings. The fraction of sp³-hybridized carbons (Fsp3) is 0.560. The first-order valence-electron chi connectivity index (χ1n) is 12.2. The number of nitrogens with one attached hydrogen (secondary N) is 3. The standard InChI is InChI=1S/C25H31N5O4/c1-2-30-24(34)19-6-4-3-5-18(19)22(29-30)23(33)28-27-21(32)14-26-20(31)13-25-10-15-7-16(11-25)9-17(8-15)12-25/h3-6,15-17H,2,7-14H2,1H3,(H,26,31)(H,27,32)(H,28,33). The highest BCUT2D eigenvalue weighted by atomic mass is 16.2. The number of amides is 3. The number of benzene rings is 1. The lowest BCUT2D eigenvalue weighted by atomic mass is 9.49. The summed E-state index contributed by atoms with van der Waals surface area (Å²) < 4.78 is 1.21. The number of aryl methyl sites for hydroxylation is 1. The van der Waals surface area contributed by atoms with E-state index in [1.807, 2.05) is 0 Å². The van der Waals surface area contributed by atoms with Crippen molar-refractivity contribution in [2.75, 3.05) is 6.54 Å². The summed E-state index contributed by atoms with van der Waals surface area (Å²) in [6, 6.07) is 6.72. The van der Waals surface area contributed by atoms with Crippen LogP contribution in [0.1, 0.15) is 62.4 Å². The lowest BCUT2D eigenvalue weighted by Gasteiger charge is -2.56. The van der Waals surface area contributed by atoms with E-state index < -0.39 is 11.8 Å². The predicted octanol–water partition coefficient (Wildman–Crippen LogP) is 1.90. The Labute approximate surface area is 197 Å². The molecule has 6 rings (SSSR count). The molecule has 34 heavy (non-hydrogen) atoms. The molecule has 3 N–H and O–H groups in total. The smallest absolute Gasteiger partial charge is 0.290 e. The second kappa shape index (κ2) is 8.85. The summed E-state index contributed by atoms with van der Waals surface area (Å²) >= 11 is 0. The van der Waals surface area contributed by atoms with Crippen molar-refractivity contribution in [1.82, 2.24) is 25.9 Å². The molecule has 180 valence electrons. The largest absolute Gasteiger partial charge is 0.347 e. The SMILES string of the molecule is CCn1nc(C(=O)NNC(=O)CNC(=O)CC23CC4CC(CC(C4)C2)C3)c2ccccc2c1=O. The summed E-state index contributed by atoms with van der Waals surface area (Å²) in [5.74, 6) is 1.04. The van der Waals surface area contributed by atoms with Gasteiger partial charge in [-0.2, -0.15) is 5.10 Å². The van der Waals surface area contributed by atoms with E-state index in [9.17, 15) is 19.2 Å². The van der Waals surface area contributed by atoms with Gasteiger partial charge in [0.05, 0.1) is 11.9 Å². The van der Waals surface area contributed by atoms with Crippen molar-refractivity contribution >= 4 is 28.5 Å². The van der Waals surface area contributed by atoms with E-state index in [4.69, 9.17) is 0 Å². The van der Waals surface area contributed by atoms with Crippen LogP contribution in [0.15, 0.2) is 29.1 Å². The number of carbonyl (C=O) groups is 3. The Morgan fingerprint density at radius 3 is 2.21 bits per heavy atom. The normalized spacial score (nSPS) is 26.9. The third kappa shape index (κ3) is 4.31. The summed E-state index contributed by atoms with van der Waals surface area (Å²) in [5.41, 5.74) is 4.55. The Bertz CT molecular complexity index is 1170. The third-order valence-electron chi connectivity index (χ3n) is 7.84. The van der Waals surface area contributed by atoms with Gasteiger partial charge < -0.3 is 5.32 Å². The molecule has 1 aromatic carbocycles. The molecule has 0 radical (unpaired) electrons. The van der Waals surface area contributed by atoms with Gasteiger partial charge in [0, 0.05) is 18.4 Å². The summed E-state index contributed by atoms with van der Waals surface area (Å²) in [4.78, 5) is 50.0. The first-order chi connectivity index (χ1) is 16.4. The van der Waals surface area contributed by atoms with Gasteiger partial charge in [0.2, 0.25) is 5.91 Å².